The maximum atomic E-state index is 13.9. The third-order valence-corrected chi connectivity index (χ3v) is 9.38. The summed E-state index contributed by atoms with van der Waals surface area (Å²) in [4.78, 5) is 33.8. The molecule has 2 aliphatic carbocycles. The van der Waals surface area contributed by atoms with Crippen LogP contribution in [0, 0.1) is 13.8 Å². The summed E-state index contributed by atoms with van der Waals surface area (Å²) in [6, 6.07) is 6.37. The van der Waals surface area contributed by atoms with Gasteiger partial charge in [-0.3, -0.25) is 14.2 Å². The molecule has 3 aromatic rings. The van der Waals surface area contributed by atoms with Gasteiger partial charge < -0.3 is 5.32 Å². The number of hydrogen-bond acceptors (Lipinski definition) is 5. The number of carbonyl (C=O) groups excluding carboxylic acids is 1. The van der Waals surface area contributed by atoms with E-state index in [-0.39, 0.29) is 23.3 Å². The number of benzene rings is 1. The lowest BCUT2D eigenvalue weighted by Crippen LogP contribution is -2.35. The van der Waals surface area contributed by atoms with Crippen molar-refractivity contribution >= 4 is 39.2 Å². The highest BCUT2D eigenvalue weighted by molar-refractivity contribution is 7.99. The maximum Gasteiger partial charge on any atom is 0.267 e. The van der Waals surface area contributed by atoms with Crippen LogP contribution in [0.3, 0.4) is 0 Å². The van der Waals surface area contributed by atoms with Crippen LogP contribution in [-0.2, 0) is 17.6 Å². The smallest absolute Gasteiger partial charge is 0.267 e. The molecule has 0 saturated heterocycles. The molecule has 0 spiro atoms. The predicted octanol–water partition coefficient (Wildman–Crippen LogP) is 5.87. The lowest BCUT2D eigenvalue weighted by atomic mass is 9.97. The van der Waals surface area contributed by atoms with E-state index >= 15 is 0 Å². The van der Waals surface area contributed by atoms with Crippen molar-refractivity contribution in [1.82, 2.24) is 14.9 Å². The number of amides is 1. The van der Waals surface area contributed by atoms with E-state index in [1.807, 2.05) is 6.07 Å². The van der Waals surface area contributed by atoms with Gasteiger partial charge in [0.2, 0.25) is 5.91 Å². The van der Waals surface area contributed by atoms with Gasteiger partial charge in [-0.15, -0.1) is 11.3 Å². The van der Waals surface area contributed by atoms with E-state index in [4.69, 9.17) is 4.98 Å². The minimum absolute atomic E-state index is 0.000621. The van der Waals surface area contributed by atoms with Gasteiger partial charge >= 0.3 is 0 Å². The molecule has 0 aliphatic heterocycles. The standard InChI is InChI=1S/C27H33N3O2S2/c1-17-13-14-20(15-18(17)2)30-26(32)24-21-11-7-8-12-22(21)34-25(24)29-27(30)33-16-23(31)28-19-9-5-3-4-6-10-19/h13-15,19H,3-12,16H2,1-2H3,(H,28,31). The lowest BCUT2D eigenvalue weighted by Gasteiger charge is -2.17. The third kappa shape index (κ3) is 4.82. The number of nitrogens with one attached hydrogen (secondary N) is 1. The lowest BCUT2D eigenvalue weighted by molar-refractivity contribution is -0.119. The van der Waals surface area contributed by atoms with Gasteiger partial charge in [0.25, 0.3) is 5.56 Å². The highest BCUT2D eigenvalue weighted by atomic mass is 32.2. The van der Waals surface area contributed by atoms with E-state index < -0.39 is 0 Å². The van der Waals surface area contributed by atoms with Gasteiger partial charge in [0.1, 0.15) is 4.83 Å². The Morgan fingerprint density at radius 2 is 1.85 bits per heavy atom. The Morgan fingerprint density at radius 3 is 2.62 bits per heavy atom. The first-order chi connectivity index (χ1) is 16.5. The van der Waals surface area contributed by atoms with Crippen molar-refractivity contribution < 1.29 is 4.79 Å². The van der Waals surface area contributed by atoms with Crippen molar-refractivity contribution in [3.63, 3.8) is 0 Å². The number of thiophene rings is 1. The molecule has 5 rings (SSSR count). The van der Waals surface area contributed by atoms with E-state index in [0.29, 0.717) is 5.16 Å². The highest BCUT2D eigenvalue weighted by Gasteiger charge is 2.24. The first-order valence-corrected chi connectivity index (χ1v) is 14.4. The number of nitrogens with zero attached hydrogens (tertiary/aromatic N) is 2. The van der Waals surface area contributed by atoms with Gasteiger partial charge in [-0.1, -0.05) is 43.5 Å². The first kappa shape index (κ1) is 23.6. The Labute approximate surface area is 209 Å². The Kier molecular flexibility index (Phi) is 7.11. The molecule has 0 radical (unpaired) electrons. The molecule has 7 heteroatoms. The summed E-state index contributed by atoms with van der Waals surface area (Å²) in [6.07, 6.45) is 11.3. The fourth-order valence-corrected chi connectivity index (χ4v) is 7.33. The number of carbonyl (C=O) groups is 1. The van der Waals surface area contributed by atoms with E-state index in [1.54, 1.807) is 15.9 Å². The second-order valence-electron chi connectivity index (χ2n) is 9.74. The quantitative estimate of drug-likeness (QED) is 0.273. The van der Waals surface area contributed by atoms with Crippen LogP contribution in [0.25, 0.3) is 15.9 Å². The summed E-state index contributed by atoms with van der Waals surface area (Å²) in [5.74, 6) is 0.299. The van der Waals surface area contributed by atoms with Crippen molar-refractivity contribution in [2.24, 2.45) is 0 Å². The number of thioether (sulfide) groups is 1. The van der Waals surface area contributed by atoms with Crippen molar-refractivity contribution in [2.45, 2.75) is 89.3 Å². The first-order valence-electron chi connectivity index (χ1n) is 12.6. The molecule has 2 aromatic heterocycles. The van der Waals surface area contributed by atoms with Crippen LogP contribution in [0.1, 0.15) is 72.9 Å². The molecule has 34 heavy (non-hydrogen) atoms. The second kappa shape index (κ2) is 10.2. The Balaban J connectivity index is 1.49. The second-order valence-corrected chi connectivity index (χ2v) is 11.8. The van der Waals surface area contributed by atoms with Crippen LogP contribution in [0.4, 0.5) is 0 Å². The molecule has 180 valence electrons. The molecule has 1 amide bonds. The highest BCUT2D eigenvalue weighted by Crippen LogP contribution is 2.35. The molecular formula is C27H33N3O2S2. The van der Waals surface area contributed by atoms with Crippen LogP contribution in [-0.4, -0.2) is 27.3 Å². The molecular weight excluding hydrogens is 462 g/mol. The average molecular weight is 496 g/mol. The topological polar surface area (TPSA) is 64.0 Å². The largest absolute Gasteiger partial charge is 0.353 e. The Bertz CT molecular complexity index is 1270. The molecule has 1 fully saturated rings. The number of rotatable bonds is 5. The van der Waals surface area contributed by atoms with Crippen molar-refractivity contribution in [3.8, 4) is 5.69 Å². The summed E-state index contributed by atoms with van der Waals surface area (Å²) in [6.45, 7) is 4.14. The monoisotopic (exact) mass is 495 g/mol. The number of aromatic nitrogens is 2. The van der Waals surface area contributed by atoms with Crippen molar-refractivity contribution in [2.75, 3.05) is 5.75 Å². The molecule has 0 atom stereocenters. The predicted molar refractivity (Wildman–Crippen MR) is 142 cm³/mol. The van der Waals surface area contributed by atoms with E-state index in [0.717, 1.165) is 53.6 Å². The zero-order valence-corrected chi connectivity index (χ0v) is 21.7. The molecule has 5 nitrogen and oxygen atoms in total. The molecule has 1 saturated carbocycles. The summed E-state index contributed by atoms with van der Waals surface area (Å²) in [5.41, 5.74) is 4.35. The summed E-state index contributed by atoms with van der Waals surface area (Å²) >= 11 is 3.04. The molecule has 1 aromatic carbocycles. The molecule has 1 N–H and O–H groups in total. The molecule has 0 unspecified atom stereocenters. The minimum atomic E-state index is -0.000621. The third-order valence-electron chi connectivity index (χ3n) is 7.26. The Morgan fingerprint density at radius 1 is 1.09 bits per heavy atom. The fraction of sp³-hybridized carbons (Fsp3) is 0.519. The van der Waals surface area contributed by atoms with Gasteiger partial charge in [-0.2, -0.15) is 0 Å². The van der Waals surface area contributed by atoms with Crippen LogP contribution in [0.15, 0.2) is 28.2 Å². The van der Waals surface area contributed by atoms with Crippen LogP contribution < -0.4 is 10.9 Å². The minimum Gasteiger partial charge on any atom is -0.353 e. The normalized spacial score (nSPS) is 16.9. The van der Waals surface area contributed by atoms with Crippen molar-refractivity contribution in [1.29, 1.82) is 0 Å². The summed E-state index contributed by atoms with van der Waals surface area (Å²) < 4.78 is 1.74. The van der Waals surface area contributed by atoms with E-state index in [2.05, 4.69) is 31.3 Å². The van der Waals surface area contributed by atoms with Crippen LogP contribution in [0.5, 0.6) is 0 Å². The summed E-state index contributed by atoms with van der Waals surface area (Å²) in [7, 11) is 0. The molecule has 2 aliphatic rings. The van der Waals surface area contributed by atoms with Gasteiger partial charge in [0, 0.05) is 10.9 Å². The Hall–Kier alpha value is -2.12. The van der Waals surface area contributed by atoms with Gasteiger partial charge in [-0.05, 0) is 81.2 Å². The van der Waals surface area contributed by atoms with Crippen LogP contribution >= 0.6 is 23.1 Å². The van der Waals surface area contributed by atoms with Gasteiger partial charge in [-0.25, -0.2) is 4.98 Å². The van der Waals surface area contributed by atoms with Gasteiger partial charge in [0.15, 0.2) is 5.16 Å². The number of fused-ring (bicyclic) bond motifs is 3. The van der Waals surface area contributed by atoms with E-state index in [1.165, 1.54) is 59.9 Å². The molecule has 2 heterocycles. The number of aryl methyl sites for hydroxylation is 4. The fourth-order valence-electron chi connectivity index (χ4n) is 5.20. The zero-order chi connectivity index (χ0) is 23.7. The maximum absolute atomic E-state index is 13.9. The SMILES string of the molecule is Cc1ccc(-n2c(SCC(=O)NC3CCCCCC3)nc3sc4c(c3c2=O)CCCC4)cc1C. The van der Waals surface area contributed by atoms with E-state index in [9.17, 15) is 9.59 Å². The summed E-state index contributed by atoms with van der Waals surface area (Å²) in [5, 5.41) is 4.61. The number of hydrogen-bond donors (Lipinski definition) is 1. The zero-order valence-electron chi connectivity index (χ0n) is 20.1. The van der Waals surface area contributed by atoms with Gasteiger partial charge in [0.05, 0.1) is 16.8 Å². The average Bonchev–Trinajstić information content (AvgIpc) is 3.00. The van der Waals surface area contributed by atoms with Crippen molar-refractivity contribution in [3.05, 3.63) is 50.1 Å². The molecule has 0 bridgehead atoms. The van der Waals surface area contributed by atoms with Crippen LogP contribution in [0.2, 0.25) is 0 Å².